The van der Waals surface area contributed by atoms with Gasteiger partial charge in [-0.05, 0) is 80.9 Å². The molecule has 2 unspecified atom stereocenters. The summed E-state index contributed by atoms with van der Waals surface area (Å²) in [6, 6.07) is 9.43. The van der Waals surface area contributed by atoms with Gasteiger partial charge in [0.1, 0.15) is 18.5 Å². The van der Waals surface area contributed by atoms with Gasteiger partial charge in [0.05, 0.1) is 6.10 Å². The van der Waals surface area contributed by atoms with Gasteiger partial charge in [0.2, 0.25) is 0 Å². The van der Waals surface area contributed by atoms with Crippen LogP contribution in [-0.4, -0.2) is 51.1 Å². The summed E-state index contributed by atoms with van der Waals surface area (Å²) in [5, 5.41) is -0.498. The average molecular weight is 688 g/mol. The van der Waals surface area contributed by atoms with Crippen molar-refractivity contribution in [1.82, 2.24) is 0 Å². The number of hydrogen-bond donors (Lipinski definition) is 0. The number of Topliss-reactive ketones (excluding diaryl/α,β-unsaturated/α-hetero) is 1. The van der Waals surface area contributed by atoms with Crippen molar-refractivity contribution in [3.05, 3.63) is 35.9 Å². The fourth-order valence-corrected chi connectivity index (χ4v) is 7.58. The molecule has 1 aliphatic heterocycles. The van der Waals surface area contributed by atoms with Crippen LogP contribution in [0.2, 0.25) is 18.1 Å². The lowest BCUT2D eigenvalue weighted by atomic mass is 9.84. The van der Waals surface area contributed by atoms with E-state index in [4.69, 9.17) is 28.2 Å². The standard InChI is InChI=1S/C38H62F2O6Si/c1-7-8-25-38(39,40)34(46-47(5,6)37(2,3)4)24-23-31-30(32(41)27-33(31)45-36-22-16-17-26-43-36)20-14-9-10-15-21-35(42)44-28-29-18-12-11-13-19-29/h11-13,18-19,30-31,33-34,36H,7-10,14-17,20-28H2,1-6H3/t30-,31-,33-,34?,36?/m1/s1/i1D3,7D2,8D2. The number of carbonyl (C=O) groups excluding carboxylic acids is 2. The van der Waals surface area contributed by atoms with Crippen molar-refractivity contribution in [2.24, 2.45) is 11.8 Å². The summed E-state index contributed by atoms with van der Waals surface area (Å²) in [6.07, 6.45) is -5.53. The van der Waals surface area contributed by atoms with Crippen LogP contribution < -0.4 is 0 Å². The monoisotopic (exact) mass is 687 g/mol. The van der Waals surface area contributed by atoms with E-state index >= 15 is 8.78 Å². The Morgan fingerprint density at radius 3 is 2.53 bits per heavy atom. The molecule has 5 atom stereocenters. The Labute approximate surface area is 294 Å². The third kappa shape index (κ3) is 12.9. The first kappa shape index (κ1) is 30.2. The van der Waals surface area contributed by atoms with Crippen molar-refractivity contribution in [1.29, 1.82) is 0 Å². The van der Waals surface area contributed by atoms with E-state index < -0.39 is 75.6 Å². The van der Waals surface area contributed by atoms with Crippen molar-refractivity contribution < 1.29 is 46.6 Å². The smallest absolute Gasteiger partial charge is 0.306 e. The highest BCUT2D eigenvalue weighted by Gasteiger charge is 2.49. The molecule has 47 heavy (non-hydrogen) atoms. The molecule has 0 bridgehead atoms. The van der Waals surface area contributed by atoms with Crippen LogP contribution in [0.25, 0.3) is 0 Å². The van der Waals surface area contributed by atoms with Gasteiger partial charge in [0.15, 0.2) is 14.6 Å². The fraction of sp³-hybridized carbons (Fsp3) is 0.789. The van der Waals surface area contributed by atoms with E-state index in [1.54, 1.807) is 13.1 Å². The van der Waals surface area contributed by atoms with Crippen LogP contribution in [0.15, 0.2) is 30.3 Å². The summed E-state index contributed by atoms with van der Waals surface area (Å²) in [5.74, 6) is -5.14. The molecule has 0 spiro atoms. The van der Waals surface area contributed by atoms with E-state index in [9.17, 15) is 9.59 Å². The minimum atomic E-state index is -3.94. The second-order valence-corrected chi connectivity index (χ2v) is 19.5. The van der Waals surface area contributed by atoms with Gasteiger partial charge in [0.25, 0.3) is 5.92 Å². The van der Waals surface area contributed by atoms with Crippen LogP contribution in [-0.2, 0) is 34.8 Å². The number of ketones is 1. The molecule has 1 saturated heterocycles. The van der Waals surface area contributed by atoms with Gasteiger partial charge >= 0.3 is 5.97 Å². The number of benzene rings is 1. The number of carbonyl (C=O) groups is 2. The highest BCUT2D eigenvalue weighted by Crippen LogP contribution is 2.44. The van der Waals surface area contributed by atoms with Gasteiger partial charge in [0, 0.05) is 41.4 Å². The number of unbranched alkanes of at least 4 members (excludes halogenated alkanes) is 3. The van der Waals surface area contributed by atoms with Gasteiger partial charge in [-0.3, -0.25) is 9.59 Å². The van der Waals surface area contributed by atoms with Crippen LogP contribution in [0.4, 0.5) is 8.78 Å². The minimum Gasteiger partial charge on any atom is -0.461 e. The van der Waals surface area contributed by atoms with Gasteiger partial charge < -0.3 is 18.6 Å². The highest BCUT2D eigenvalue weighted by atomic mass is 28.4. The molecule has 1 aromatic carbocycles. The molecule has 2 aliphatic rings. The van der Waals surface area contributed by atoms with E-state index in [0.29, 0.717) is 32.3 Å². The first-order valence-electron chi connectivity index (χ1n) is 20.9. The molecule has 0 aromatic heterocycles. The molecule has 9 heteroatoms. The lowest BCUT2D eigenvalue weighted by Crippen LogP contribution is -2.49. The van der Waals surface area contributed by atoms with Crippen molar-refractivity contribution in [2.75, 3.05) is 6.61 Å². The summed E-state index contributed by atoms with van der Waals surface area (Å²) >= 11 is 0. The summed E-state index contributed by atoms with van der Waals surface area (Å²) in [6.45, 7) is 6.51. The Hall–Kier alpha value is -1.68. The van der Waals surface area contributed by atoms with Crippen molar-refractivity contribution in [3.63, 3.8) is 0 Å². The molecule has 2 fully saturated rings. The predicted octanol–water partition coefficient (Wildman–Crippen LogP) is 10.2. The zero-order valence-corrected chi connectivity index (χ0v) is 30.1. The zero-order chi connectivity index (χ0) is 40.6. The number of rotatable bonds is 20. The second kappa shape index (κ2) is 18.9. The first-order chi connectivity index (χ1) is 24.9. The predicted molar refractivity (Wildman–Crippen MR) is 185 cm³/mol. The third-order valence-electron chi connectivity index (χ3n) is 10.1. The van der Waals surface area contributed by atoms with Gasteiger partial charge in [-0.25, -0.2) is 8.78 Å². The molecule has 0 radical (unpaired) electrons. The van der Waals surface area contributed by atoms with Crippen LogP contribution in [0.1, 0.15) is 139 Å². The Morgan fingerprint density at radius 1 is 1.11 bits per heavy atom. The number of ether oxygens (including phenoxy) is 3. The molecular weight excluding hydrogens is 618 g/mol. The molecule has 0 amide bonds. The molecule has 268 valence electrons. The summed E-state index contributed by atoms with van der Waals surface area (Å²) < 4.78 is 112. The van der Waals surface area contributed by atoms with Crippen LogP contribution in [0, 0.1) is 11.8 Å². The molecule has 1 saturated carbocycles. The lowest BCUT2D eigenvalue weighted by Gasteiger charge is -2.42. The fourth-order valence-electron chi connectivity index (χ4n) is 6.23. The Bertz CT molecular complexity index is 1340. The second-order valence-electron chi connectivity index (χ2n) is 14.7. The maximum absolute atomic E-state index is 16.4. The lowest BCUT2D eigenvalue weighted by molar-refractivity contribution is -0.197. The molecule has 3 rings (SSSR count). The van der Waals surface area contributed by atoms with E-state index in [1.165, 1.54) is 0 Å². The maximum atomic E-state index is 16.4. The van der Waals surface area contributed by atoms with Gasteiger partial charge in [-0.15, -0.1) is 0 Å². The first-order valence-corrected chi connectivity index (χ1v) is 20.3. The number of esters is 1. The Kier molecular flexibility index (Phi) is 12.1. The summed E-state index contributed by atoms with van der Waals surface area (Å²) in [7, 11) is -2.92. The summed E-state index contributed by atoms with van der Waals surface area (Å²) in [4.78, 5) is 25.8. The van der Waals surface area contributed by atoms with Gasteiger partial charge in [-0.1, -0.05) is 83.6 Å². The molecule has 6 nitrogen and oxygen atoms in total. The van der Waals surface area contributed by atoms with Crippen molar-refractivity contribution >= 4 is 20.1 Å². The molecule has 1 aliphatic carbocycles. The van der Waals surface area contributed by atoms with Crippen LogP contribution >= 0.6 is 0 Å². The quantitative estimate of drug-likeness (QED) is 0.0772. The third-order valence-corrected chi connectivity index (χ3v) is 14.5. The van der Waals surface area contributed by atoms with Crippen LogP contribution in [0.5, 0.6) is 0 Å². The number of halogens is 2. The van der Waals surface area contributed by atoms with Gasteiger partial charge in [-0.2, -0.15) is 0 Å². The summed E-state index contributed by atoms with van der Waals surface area (Å²) in [5.41, 5.74) is 0.915. The largest absolute Gasteiger partial charge is 0.461 e. The molecular formula is C38H62F2O6Si. The topological polar surface area (TPSA) is 71.1 Å². The number of hydrogen-bond acceptors (Lipinski definition) is 6. The maximum Gasteiger partial charge on any atom is 0.306 e. The Balaban J connectivity index is 1.74. The SMILES string of the molecule is [2H]C([2H])([2H])C([2H])([2H])C([2H])([2H])CC(F)(F)C(CC[C@H]1[C@H](OC2CCCCO2)CC(=O)[C@@H]1CCCCCCC(=O)OCc1ccccc1)O[Si](C)(C)C(C)(C)C. The van der Waals surface area contributed by atoms with Crippen molar-refractivity contribution in [3.8, 4) is 0 Å². The zero-order valence-electron chi connectivity index (χ0n) is 36.1. The molecule has 1 aromatic rings. The van der Waals surface area contributed by atoms with E-state index in [2.05, 4.69) is 0 Å². The molecule has 0 N–H and O–H groups in total. The van der Waals surface area contributed by atoms with E-state index in [-0.39, 0.29) is 44.0 Å². The highest BCUT2D eigenvalue weighted by molar-refractivity contribution is 6.74. The van der Waals surface area contributed by atoms with Crippen LogP contribution in [0.3, 0.4) is 0 Å². The number of alkyl halides is 2. The minimum absolute atomic E-state index is 0.0128. The molecule has 1 heterocycles. The van der Waals surface area contributed by atoms with Crippen molar-refractivity contribution in [2.45, 2.75) is 173 Å². The average Bonchev–Trinajstić information content (AvgIpc) is 3.35. The van der Waals surface area contributed by atoms with E-state index in [0.717, 1.165) is 31.2 Å². The van der Waals surface area contributed by atoms with E-state index in [1.807, 2.05) is 51.1 Å². The Morgan fingerprint density at radius 2 is 1.85 bits per heavy atom. The normalized spacial score (nSPS) is 26.3.